The lowest BCUT2D eigenvalue weighted by atomic mass is 9.83. The summed E-state index contributed by atoms with van der Waals surface area (Å²) >= 11 is 6.58. The predicted molar refractivity (Wildman–Crippen MR) is 83.9 cm³/mol. The third-order valence-corrected chi connectivity index (χ3v) is 3.93. The van der Waals surface area contributed by atoms with Gasteiger partial charge in [-0.15, -0.1) is 11.6 Å². The lowest BCUT2D eigenvalue weighted by molar-refractivity contribution is 0.171. The Morgan fingerprint density at radius 2 is 1.80 bits per heavy atom. The molecule has 0 saturated heterocycles. The highest BCUT2D eigenvalue weighted by atomic mass is 35.5. The third-order valence-electron chi connectivity index (χ3n) is 3.50. The standard InChI is InChI=1S/C17H25ClO2/c1-12(11-17(2,3)4)9-14(18)13-5-6-15-16(10-13)20-8-7-19-15/h5-6,10,12,14H,7-9,11H2,1-4H3. The smallest absolute Gasteiger partial charge is 0.161 e. The Labute approximate surface area is 127 Å². The Kier molecular flexibility index (Phi) is 4.85. The van der Waals surface area contributed by atoms with Crippen LogP contribution in [0.25, 0.3) is 0 Å². The van der Waals surface area contributed by atoms with Crippen molar-refractivity contribution in [2.75, 3.05) is 13.2 Å². The fourth-order valence-electron chi connectivity index (χ4n) is 2.87. The maximum Gasteiger partial charge on any atom is 0.161 e. The number of hydrogen-bond acceptors (Lipinski definition) is 2. The van der Waals surface area contributed by atoms with E-state index >= 15 is 0 Å². The second-order valence-electron chi connectivity index (χ2n) is 6.98. The number of fused-ring (bicyclic) bond motifs is 1. The van der Waals surface area contributed by atoms with Crippen molar-refractivity contribution in [3.8, 4) is 11.5 Å². The van der Waals surface area contributed by atoms with Gasteiger partial charge < -0.3 is 9.47 Å². The number of halogens is 1. The van der Waals surface area contributed by atoms with Crippen molar-refractivity contribution in [1.82, 2.24) is 0 Å². The molecule has 0 fully saturated rings. The van der Waals surface area contributed by atoms with E-state index in [-0.39, 0.29) is 5.38 Å². The first-order valence-corrected chi connectivity index (χ1v) is 7.82. The highest BCUT2D eigenvalue weighted by molar-refractivity contribution is 6.20. The maximum absolute atomic E-state index is 6.58. The molecule has 2 unspecified atom stereocenters. The molecule has 2 rings (SSSR count). The minimum absolute atomic E-state index is 0.0307. The van der Waals surface area contributed by atoms with E-state index in [0.29, 0.717) is 24.5 Å². The largest absolute Gasteiger partial charge is 0.486 e. The fraction of sp³-hybridized carbons (Fsp3) is 0.647. The van der Waals surface area contributed by atoms with Crippen LogP contribution in [0.4, 0.5) is 0 Å². The normalized spacial score (nSPS) is 17.6. The zero-order valence-electron chi connectivity index (χ0n) is 12.9. The summed E-state index contributed by atoms with van der Waals surface area (Å²) in [6.45, 7) is 10.3. The molecule has 0 N–H and O–H groups in total. The van der Waals surface area contributed by atoms with Gasteiger partial charge in [0.05, 0.1) is 5.38 Å². The van der Waals surface area contributed by atoms with Crippen molar-refractivity contribution in [3.05, 3.63) is 23.8 Å². The number of hydrogen-bond donors (Lipinski definition) is 0. The molecular formula is C17H25ClO2. The van der Waals surface area contributed by atoms with Crippen LogP contribution in [0.15, 0.2) is 18.2 Å². The topological polar surface area (TPSA) is 18.5 Å². The van der Waals surface area contributed by atoms with Crippen LogP contribution in [-0.4, -0.2) is 13.2 Å². The van der Waals surface area contributed by atoms with Gasteiger partial charge in [-0.1, -0.05) is 33.8 Å². The van der Waals surface area contributed by atoms with Crippen LogP contribution in [0.2, 0.25) is 0 Å². The molecule has 2 atom stereocenters. The molecule has 0 aliphatic carbocycles. The summed E-state index contributed by atoms with van der Waals surface area (Å²) in [6.07, 6.45) is 2.17. The quantitative estimate of drug-likeness (QED) is 0.711. The van der Waals surface area contributed by atoms with Gasteiger partial charge in [0, 0.05) is 0 Å². The van der Waals surface area contributed by atoms with Gasteiger partial charge in [-0.2, -0.15) is 0 Å². The van der Waals surface area contributed by atoms with Gasteiger partial charge in [0.25, 0.3) is 0 Å². The molecule has 0 spiro atoms. The van der Waals surface area contributed by atoms with Gasteiger partial charge in [-0.3, -0.25) is 0 Å². The van der Waals surface area contributed by atoms with Gasteiger partial charge >= 0.3 is 0 Å². The van der Waals surface area contributed by atoms with Crippen LogP contribution < -0.4 is 9.47 Å². The Morgan fingerprint density at radius 1 is 1.15 bits per heavy atom. The van der Waals surface area contributed by atoms with Crippen LogP contribution in [0, 0.1) is 11.3 Å². The molecule has 2 nitrogen and oxygen atoms in total. The molecule has 1 aromatic rings. The molecule has 20 heavy (non-hydrogen) atoms. The second-order valence-corrected chi connectivity index (χ2v) is 7.50. The summed E-state index contributed by atoms with van der Waals surface area (Å²) in [5.74, 6) is 2.25. The Bertz CT molecular complexity index is 451. The van der Waals surface area contributed by atoms with Gasteiger partial charge in [0.1, 0.15) is 13.2 Å². The van der Waals surface area contributed by atoms with Crippen LogP contribution in [0.1, 0.15) is 51.5 Å². The monoisotopic (exact) mass is 296 g/mol. The molecule has 1 aliphatic heterocycles. The number of ether oxygens (including phenoxy) is 2. The van der Waals surface area contributed by atoms with E-state index in [1.807, 2.05) is 12.1 Å². The van der Waals surface area contributed by atoms with Crippen molar-refractivity contribution >= 4 is 11.6 Å². The molecule has 0 radical (unpaired) electrons. The molecule has 1 heterocycles. The number of rotatable bonds is 4. The molecule has 112 valence electrons. The summed E-state index contributed by atoms with van der Waals surface area (Å²) in [6, 6.07) is 6.04. The molecule has 0 saturated carbocycles. The molecule has 1 aliphatic rings. The molecule has 1 aromatic carbocycles. The first kappa shape index (κ1) is 15.5. The van der Waals surface area contributed by atoms with E-state index < -0.39 is 0 Å². The van der Waals surface area contributed by atoms with Crippen LogP contribution in [0.5, 0.6) is 11.5 Å². The zero-order chi connectivity index (χ0) is 14.8. The summed E-state index contributed by atoms with van der Waals surface area (Å²) in [5.41, 5.74) is 1.47. The average Bonchev–Trinajstić information content (AvgIpc) is 2.35. The van der Waals surface area contributed by atoms with Crippen molar-refractivity contribution < 1.29 is 9.47 Å². The minimum Gasteiger partial charge on any atom is -0.486 e. The van der Waals surface area contributed by atoms with Crippen molar-refractivity contribution in [1.29, 1.82) is 0 Å². The maximum atomic E-state index is 6.58. The lowest BCUT2D eigenvalue weighted by Crippen LogP contribution is -2.15. The lowest BCUT2D eigenvalue weighted by Gasteiger charge is -2.25. The highest BCUT2D eigenvalue weighted by Gasteiger charge is 2.20. The van der Waals surface area contributed by atoms with Crippen molar-refractivity contribution in [2.45, 2.75) is 45.9 Å². The van der Waals surface area contributed by atoms with Crippen molar-refractivity contribution in [3.63, 3.8) is 0 Å². The fourth-order valence-corrected chi connectivity index (χ4v) is 3.31. The Morgan fingerprint density at radius 3 is 2.45 bits per heavy atom. The summed E-state index contributed by atoms with van der Waals surface area (Å²) in [5, 5.41) is 0.0307. The zero-order valence-corrected chi connectivity index (χ0v) is 13.7. The van der Waals surface area contributed by atoms with Gasteiger partial charge in [-0.05, 0) is 41.9 Å². The highest BCUT2D eigenvalue weighted by Crippen LogP contribution is 2.38. The average molecular weight is 297 g/mol. The minimum atomic E-state index is 0.0307. The van der Waals surface area contributed by atoms with Gasteiger partial charge in [0.2, 0.25) is 0 Å². The molecule has 0 aromatic heterocycles. The van der Waals surface area contributed by atoms with Gasteiger partial charge in [-0.25, -0.2) is 0 Å². The summed E-state index contributed by atoms with van der Waals surface area (Å²) < 4.78 is 11.2. The van der Waals surface area contributed by atoms with E-state index in [9.17, 15) is 0 Å². The van der Waals surface area contributed by atoms with E-state index in [1.165, 1.54) is 6.42 Å². The summed E-state index contributed by atoms with van der Waals surface area (Å²) in [4.78, 5) is 0. The SMILES string of the molecule is CC(CC(Cl)c1ccc2c(c1)OCCO2)CC(C)(C)C. The van der Waals surface area contributed by atoms with Crippen molar-refractivity contribution in [2.24, 2.45) is 11.3 Å². The molecule has 0 amide bonds. The van der Waals surface area contributed by atoms with E-state index in [2.05, 4.69) is 33.8 Å². The van der Waals surface area contributed by atoms with E-state index in [0.717, 1.165) is 23.5 Å². The van der Waals surface area contributed by atoms with Gasteiger partial charge in [0.15, 0.2) is 11.5 Å². The summed E-state index contributed by atoms with van der Waals surface area (Å²) in [7, 11) is 0. The molecular weight excluding hydrogens is 272 g/mol. The van der Waals surface area contributed by atoms with Crippen LogP contribution >= 0.6 is 11.6 Å². The first-order valence-electron chi connectivity index (χ1n) is 7.39. The van der Waals surface area contributed by atoms with Crippen LogP contribution in [-0.2, 0) is 0 Å². The Hall–Kier alpha value is -0.890. The first-order chi connectivity index (χ1) is 9.35. The van der Waals surface area contributed by atoms with E-state index in [4.69, 9.17) is 21.1 Å². The predicted octanol–water partition coefficient (Wildman–Crippen LogP) is 5.20. The number of alkyl halides is 1. The third kappa shape index (κ3) is 4.31. The number of benzene rings is 1. The Balaban J connectivity index is 2.00. The van der Waals surface area contributed by atoms with Crippen LogP contribution in [0.3, 0.4) is 0 Å². The second kappa shape index (κ2) is 6.26. The molecule has 3 heteroatoms. The van der Waals surface area contributed by atoms with E-state index in [1.54, 1.807) is 0 Å². The molecule has 0 bridgehead atoms.